The fourth-order valence-corrected chi connectivity index (χ4v) is 1.20. The second-order valence-electron chi connectivity index (χ2n) is 3.65. The Morgan fingerprint density at radius 2 is 1.90 bits per heavy atom. The predicted molar refractivity (Wildman–Crippen MR) is 68.0 cm³/mol. The van der Waals surface area contributed by atoms with Crippen molar-refractivity contribution in [2.45, 2.75) is 18.9 Å². The fourth-order valence-electron chi connectivity index (χ4n) is 1.20. The van der Waals surface area contributed by atoms with Crippen molar-refractivity contribution < 1.29 is 29.0 Å². The fraction of sp³-hybridized carbons (Fsp3) is 0.600. The SMILES string of the molecule is COC(=O)/N=C(\N)N(CCC[C@H](N)C(=O)O)C(=O)OC. The Morgan fingerprint density at radius 1 is 1.30 bits per heavy atom. The monoisotopic (exact) mass is 290 g/mol. The molecule has 0 rings (SSSR count). The lowest BCUT2D eigenvalue weighted by atomic mass is 10.1. The molecule has 0 aliphatic heterocycles. The molecule has 0 saturated carbocycles. The summed E-state index contributed by atoms with van der Waals surface area (Å²) in [5.74, 6) is -1.56. The number of guanidine groups is 1. The van der Waals surface area contributed by atoms with Gasteiger partial charge in [-0.2, -0.15) is 0 Å². The third-order valence-electron chi connectivity index (χ3n) is 2.27. The number of carbonyl (C=O) groups excluding carboxylic acids is 2. The van der Waals surface area contributed by atoms with Gasteiger partial charge in [-0.3, -0.25) is 4.79 Å². The Hall–Kier alpha value is -2.36. The Balaban J connectivity index is 4.66. The van der Waals surface area contributed by atoms with Crippen LogP contribution in [0, 0.1) is 0 Å². The van der Waals surface area contributed by atoms with Crippen LogP contribution in [-0.4, -0.2) is 60.9 Å². The van der Waals surface area contributed by atoms with E-state index in [2.05, 4.69) is 14.5 Å². The van der Waals surface area contributed by atoms with E-state index in [9.17, 15) is 14.4 Å². The highest BCUT2D eigenvalue weighted by molar-refractivity contribution is 5.97. The molecule has 0 bridgehead atoms. The molecule has 10 nitrogen and oxygen atoms in total. The van der Waals surface area contributed by atoms with Crippen LogP contribution < -0.4 is 11.5 Å². The first-order valence-corrected chi connectivity index (χ1v) is 5.59. The van der Waals surface area contributed by atoms with Crippen molar-refractivity contribution in [3.05, 3.63) is 0 Å². The van der Waals surface area contributed by atoms with Crippen LogP contribution in [-0.2, 0) is 14.3 Å². The van der Waals surface area contributed by atoms with Gasteiger partial charge in [0.1, 0.15) is 6.04 Å². The molecular weight excluding hydrogens is 272 g/mol. The first-order chi connectivity index (χ1) is 9.33. The average molecular weight is 290 g/mol. The summed E-state index contributed by atoms with van der Waals surface area (Å²) in [5.41, 5.74) is 10.8. The second-order valence-corrected chi connectivity index (χ2v) is 3.65. The van der Waals surface area contributed by atoms with Gasteiger partial charge in [0.25, 0.3) is 0 Å². The van der Waals surface area contributed by atoms with Gasteiger partial charge in [0, 0.05) is 6.54 Å². The van der Waals surface area contributed by atoms with Gasteiger partial charge in [-0.1, -0.05) is 0 Å². The summed E-state index contributed by atoms with van der Waals surface area (Å²) < 4.78 is 8.76. The maximum atomic E-state index is 11.5. The highest BCUT2D eigenvalue weighted by atomic mass is 16.5. The number of hydrogen-bond acceptors (Lipinski definition) is 6. The van der Waals surface area contributed by atoms with Crippen LogP contribution in [0.4, 0.5) is 9.59 Å². The van der Waals surface area contributed by atoms with Gasteiger partial charge in [-0.25, -0.2) is 14.5 Å². The molecule has 114 valence electrons. The molecule has 0 aromatic heterocycles. The van der Waals surface area contributed by atoms with Gasteiger partial charge in [0.2, 0.25) is 5.96 Å². The molecule has 0 aliphatic rings. The quantitative estimate of drug-likeness (QED) is 0.444. The molecule has 5 N–H and O–H groups in total. The maximum Gasteiger partial charge on any atom is 0.436 e. The molecule has 0 saturated heterocycles. The van der Waals surface area contributed by atoms with Gasteiger partial charge in [-0.05, 0) is 12.8 Å². The van der Waals surface area contributed by atoms with E-state index in [1.54, 1.807) is 0 Å². The number of nitrogens with two attached hydrogens (primary N) is 2. The van der Waals surface area contributed by atoms with E-state index in [-0.39, 0.29) is 19.4 Å². The lowest BCUT2D eigenvalue weighted by Crippen LogP contribution is -2.43. The van der Waals surface area contributed by atoms with Crippen molar-refractivity contribution in [1.82, 2.24) is 4.90 Å². The first kappa shape index (κ1) is 17.6. The number of rotatable bonds is 5. The van der Waals surface area contributed by atoms with Crippen LogP contribution in [0.3, 0.4) is 0 Å². The molecular formula is C10H18N4O6. The predicted octanol–water partition coefficient (Wildman–Crippen LogP) is -0.672. The van der Waals surface area contributed by atoms with E-state index in [0.717, 1.165) is 19.1 Å². The van der Waals surface area contributed by atoms with Gasteiger partial charge < -0.3 is 26.0 Å². The van der Waals surface area contributed by atoms with E-state index in [4.69, 9.17) is 16.6 Å². The lowest BCUT2D eigenvalue weighted by Gasteiger charge is -2.19. The molecule has 0 spiro atoms. The minimum absolute atomic E-state index is 0.0000189. The van der Waals surface area contributed by atoms with Gasteiger partial charge in [0.05, 0.1) is 14.2 Å². The van der Waals surface area contributed by atoms with Crippen molar-refractivity contribution in [2.75, 3.05) is 20.8 Å². The highest BCUT2D eigenvalue weighted by Gasteiger charge is 2.20. The first-order valence-electron chi connectivity index (χ1n) is 5.59. The summed E-state index contributed by atoms with van der Waals surface area (Å²) in [4.78, 5) is 37.2. The third kappa shape index (κ3) is 6.00. The molecule has 0 heterocycles. The zero-order valence-corrected chi connectivity index (χ0v) is 11.2. The van der Waals surface area contributed by atoms with Crippen molar-refractivity contribution in [1.29, 1.82) is 0 Å². The van der Waals surface area contributed by atoms with Crippen LogP contribution in [0.15, 0.2) is 4.99 Å². The van der Waals surface area contributed by atoms with E-state index in [1.807, 2.05) is 0 Å². The largest absolute Gasteiger partial charge is 0.480 e. The average Bonchev–Trinajstić information content (AvgIpc) is 2.41. The number of hydrogen-bond donors (Lipinski definition) is 3. The number of aliphatic carboxylic acids is 1. The summed E-state index contributed by atoms with van der Waals surface area (Å²) in [6.45, 7) is -0.0000189. The van der Waals surface area contributed by atoms with Crippen molar-refractivity contribution in [3.63, 3.8) is 0 Å². The molecule has 20 heavy (non-hydrogen) atoms. The van der Waals surface area contributed by atoms with Crippen LogP contribution in [0.1, 0.15) is 12.8 Å². The third-order valence-corrected chi connectivity index (χ3v) is 2.27. The van der Waals surface area contributed by atoms with Crippen molar-refractivity contribution in [2.24, 2.45) is 16.5 Å². The Kier molecular flexibility index (Phi) is 7.67. The number of carboxylic acid groups (broad SMARTS) is 1. The molecule has 0 fully saturated rings. The molecule has 0 aromatic carbocycles. The van der Waals surface area contributed by atoms with Crippen LogP contribution in [0.2, 0.25) is 0 Å². The van der Waals surface area contributed by atoms with Crippen molar-refractivity contribution >= 4 is 24.1 Å². The molecule has 2 amide bonds. The van der Waals surface area contributed by atoms with E-state index < -0.39 is 30.2 Å². The minimum atomic E-state index is -1.15. The Bertz CT molecular complexity index is 397. The normalized spacial score (nSPS) is 12.4. The number of carbonyl (C=O) groups is 3. The zero-order valence-electron chi connectivity index (χ0n) is 11.2. The molecule has 0 radical (unpaired) electrons. The van der Waals surface area contributed by atoms with Crippen LogP contribution in [0.5, 0.6) is 0 Å². The second kappa shape index (κ2) is 8.69. The van der Waals surface area contributed by atoms with E-state index in [0.29, 0.717) is 0 Å². The molecule has 10 heteroatoms. The Morgan fingerprint density at radius 3 is 2.35 bits per heavy atom. The number of aliphatic imine (C=N–C) groups is 1. The number of carboxylic acids is 1. The van der Waals surface area contributed by atoms with E-state index in [1.165, 1.54) is 0 Å². The molecule has 0 aliphatic carbocycles. The molecule has 1 atom stereocenters. The molecule has 0 unspecified atom stereocenters. The standard InChI is InChI=1S/C10H18N4O6/c1-19-9(17)13-8(12)14(10(18)20-2)5-3-4-6(11)7(15)16/h6H,3-5,11H2,1-2H3,(H,15,16)(H2,12,13,17)/t6-/m0/s1. The topological polar surface area (TPSA) is 158 Å². The molecule has 0 aromatic rings. The van der Waals surface area contributed by atoms with Gasteiger partial charge >= 0.3 is 18.2 Å². The summed E-state index contributed by atoms with van der Waals surface area (Å²) in [7, 11) is 2.23. The summed E-state index contributed by atoms with van der Waals surface area (Å²) in [6, 6.07) is -1.05. The lowest BCUT2D eigenvalue weighted by molar-refractivity contribution is -0.138. The van der Waals surface area contributed by atoms with Crippen LogP contribution in [0.25, 0.3) is 0 Å². The van der Waals surface area contributed by atoms with Gasteiger partial charge in [0.15, 0.2) is 0 Å². The van der Waals surface area contributed by atoms with Gasteiger partial charge in [-0.15, -0.1) is 4.99 Å². The number of amides is 2. The maximum absolute atomic E-state index is 11.5. The zero-order chi connectivity index (χ0) is 15.7. The smallest absolute Gasteiger partial charge is 0.436 e. The summed E-state index contributed by atoms with van der Waals surface area (Å²) in [6.07, 6.45) is -1.45. The summed E-state index contributed by atoms with van der Waals surface area (Å²) in [5, 5.41) is 8.62. The van der Waals surface area contributed by atoms with Crippen molar-refractivity contribution in [3.8, 4) is 0 Å². The van der Waals surface area contributed by atoms with Crippen LogP contribution >= 0.6 is 0 Å². The summed E-state index contributed by atoms with van der Waals surface area (Å²) >= 11 is 0. The minimum Gasteiger partial charge on any atom is -0.480 e. The number of nitrogens with zero attached hydrogens (tertiary/aromatic N) is 2. The number of ether oxygens (including phenoxy) is 2. The highest BCUT2D eigenvalue weighted by Crippen LogP contribution is 2.01. The number of methoxy groups -OCH3 is 2. The Labute approximate surface area is 115 Å². The van der Waals surface area contributed by atoms with E-state index >= 15 is 0 Å².